The van der Waals surface area contributed by atoms with Crippen LogP contribution in [0.2, 0.25) is 0 Å². The van der Waals surface area contributed by atoms with E-state index in [1.165, 1.54) is 19.8 Å². The van der Waals surface area contributed by atoms with E-state index in [2.05, 4.69) is 13.8 Å². The molecule has 0 amide bonds. The van der Waals surface area contributed by atoms with Crippen LogP contribution in [0, 0.1) is 5.92 Å². The van der Waals surface area contributed by atoms with Crippen LogP contribution in [0.3, 0.4) is 0 Å². The van der Waals surface area contributed by atoms with Gasteiger partial charge in [0, 0.05) is 0 Å². The largest absolute Gasteiger partial charge is 0.382 e. The zero-order valence-electron chi connectivity index (χ0n) is 9.97. The molecule has 2 heteroatoms. The number of carbonyl (C=O) groups is 1. The topological polar surface area (TPSA) is 37.3 Å². The van der Waals surface area contributed by atoms with Crippen LogP contribution in [0.1, 0.15) is 59.8 Å². The molecule has 0 aliphatic rings. The highest BCUT2D eigenvalue weighted by molar-refractivity contribution is 5.84. The summed E-state index contributed by atoms with van der Waals surface area (Å²) >= 11 is 0. The highest BCUT2D eigenvalue weighted by atomic mass is 16.3. The fourth-order valence-electron chi connectivity index (χ4n) is 1.65. The standard InChI is InChI=1S/C12H24O2/c1-5-7-8-11(6-2)9-12(4,14)10(3)13/h11,14H,5-9H2,1-4H3. The molecule has 0 aliphatic carbocycles. The minimum Gasteiger partial charge on any atom is -0.382 e. The maximum Gasteiger partial charge on any atom is 0.160 e. The Bertz CT molecular complexity index is 173. The first kappa shape index (κ1) is 13.6. The summed E-state index contributed by atoms with van der Waals surface area (Å²) in [6, 6.07) is 0. The van der Waals surface area contributed by atoms with Gasteiger partial charge >= 0.3 is 0 Å². The van der Waals surface area contributed by atoms with Gasteiger partial charge in [-0.3, -0.25) is 4.79 Å². The first-order chi connectivity index (χ1) is 6.44. The van der Waals surface area contributed by atoms with Gasteiger partial charge in [0.15, 0.2) is 5.78 Å². The second kappa shape index (κ2) is 6.18. The lowest BCUT2D eigenvalue weighted by molar-refractivity contribution is -0.135. The van der Waals surface area contributed by atoms with Crippen molar-refractivity contribution in [1.82, 2.24) is 0 Å². The molecule has 14 heavy (non-hydrogen) atoms. The highest BCUT2D eigenvalue weighted by Crippen LogP contribution is 2.24. The van der Waals surface area contributed by atoms with Crippen molar-refractivity contribution >= 4 is 5.78 Å². The van der Waals surface area contributed by atoms with Gasteiger partial charge in [0.2, 0.25) is 0 Å². The summed E-state index contributed by atoms with van der Waals surface area (Å²) in [7, 11) is 0. The van der Waals surface area contributed by atoms with Crippen molar-refractivity contribution < 1.29 is 9.90 Å². The Labute approximate surface area is 87.7 Å². The average molecular weight is 200 g/mol. The zero-order chi connectivity index (χ0) is 11.2. The number of hydrogen-bond acceptors (Lipinski definition) is 2. The van der Waals surface area contributed by atoms with Gasteiger partial charge < -0.3 is 5.11 Å². The summed E-state index contributed by atoms with van der Waals surface area (Å²) in [5.74, 6) is 0.362. The van der Waals surface area contributed by atoms with Gasteiger partial charge in [-0.05, 0) is 26.2 Å². The molecule has 2 nitrogen and oxygen atoms in total. The van der Waals surface area contributed by atoms with Gasteiger partial charge in [-0.25, -0.2) is 0 Å². The lowest BCUT2D eigenvalue weighted by Crippen LogP contribution is -2.35. The van der Waals surface area contributed by atoms with Gasteiger partial charge in [-0.15, -0.1) is 0 Å². The molecule has 1 N–H and O–H groups in total. The van der Waals surface area contributed by atoms with E-state index in [1.807, 2.05) is 0 Å². The van der Waals surface area contributed by atoms with Gasteiger partial charge in [0.25, 0.3) is 0 Å². The Morgan fingerprint density at radius 2 is 2.00 bits per heavy atom. The Morgan fingerprint density at radius 1 is 1.43 bits per heavy atom. The molecule has 0 aromatic rings. The lowest BCUT2D eigenvalue weighted by atomic mass is 9.85. The molecule has 84 valence electrons. The van der Waals surface area contributed by atoms with Gasteiger partial charge in [0.1, 0.15) is 5.60 Å². The molecule has 0 radical (unpaired) electrons. The second-order valence-corrected chi connectivity index (χ2v) is 4.45. The van der Waals surface area contributed by atoms with Crippen molar-refractivity contribution in [3.8, 4) is 0 Å². The van der Waals surface area contributed by atoms with Gasteiger partial charge in [-0.2, -0.15) is 0 Å². The van der Waals surface area contributed by atoms with Gasteiger partial charge in [0.05, 0.1) is 0 Å². The molecular weight excluding hydrogens is 176 g/mol. The number of aliphatic hydroxyl groups is 1. The Morgan fingerprint density at radius 3 is 2.36 bits per heavy atom. The van der Waals surface area contributed by atoms with Crippen molar-refractivity contribution in [2.75, 3.05) is 0 Å². The number of unbranched alkanes of at least 4 members (excludes halogenated alkanes) is 1. The third kappa shape index (κ3) is 4.75. The second-order valence-electron chi connectivity index (χ2n) is 4.45. The summed E-state index contributed by atoms with van der Waals surface area (Å²) in [5.41, 5.74) is -1.12. The average Bonchev–Trinajstić information content (AvgIpc) is 2.11. The van der Waals surface area contributed by atoms with Crippen LogP contribution in [0.4, 0.5) is 0 Å². The van der Waals surface area contributed by atoms with E-state index in [0.29, 0.717) is 12.3 Å². The van der Waals surface area contributed by atoms with Crippen LogP contribution in [0.25, 0.3) is 0 Å². The van der Waals surface area contributed by atoms with E-state index in [9.17, 15) is 9.90 Å². The summed E-state index contributed by atoms with van der Waals surface area (Å²) in [6.45, 7) is 7.38. The molecule has 0 aromatic heterocycles. The minimum absolute atomic E-state index is 0.118. The molecule has 0 rings (SSSR count). The van der Waals surface area contributed by atoms with E-state index in [4.69, 9.17) is 0 Å². The van der Waals surface area contributed by atoms with Crippen LogP contribution >= 0.6 is 0 Å². The van der Waals surface area contributed by atoms with Crippen LogP contribution in [0.15, 0.2) is 0 Å². The molecule has 0 bridgehead atoms. The lowest BCUT2D eigenvalue weighted by Gasteiger charge is -2.25. The number of carbonyl (C=O) groups excluding carboxylic acids is 1. The van der Waals surface area contributed by atoms with E-state index in [0.717, 1.165) is 12.8 Å². The van der Waals surface area contributed by atoms with Crippen molar-refractivity contribution in [1.29, 1.82) is 0 Å². The fraction of sp³-hybridized carbons (Fsp3) is 0.917. The summed E-state index contributed by atoms with van der Waals surface area (Å²) in [5, 5.41) is 9.84. The first-order valence-electron chi connectivity index (χ1n) is 5.67. The van der Waals surface area contributed by atoms with Crippen molar-refractivity contribution in [3.05, 3.63) is 0 Å². The van der Waals surface area contributed by atoms with Crippen molar-refractivity contribution in [2.24, 2.45) is 5.92 Å². The molecule has 0 fully saturated rings. The summed E-state index contributed by atoms with van der Waals surface area (Å²) in [6.07, 6.45) is 5.14. The normalized spacial score (nSPS) is 17.5. The number of ketones is 1. The molecule has 0 saturated heterocycles. The van der Waals surface area contributed by atoms with E-state index >= 15 is 0 Å². The summed E-state index contributed by atoms with van der Waals surface area (Å²) in [4.78, 5) is 11.1. The zero-order valence-corrected chi connectivity index (χ0v) is 9.97. The predicted octanol–water partition coefficient (Wildman–Crippen LogP) is 2.93. The third-order valence-electron chi connectivity index (χ3n) is 2.99. The van der Waals surface area contributed by atoms with Crippen molar-refractivity contribution in [3.63, 3.8) is 0 Å². The van der Waals surface area contributed by atoms with Crippen LogP contribution < -0.4 is 0 Å². The molecular formula is C12H24O2. The Kier molecular flexibility index (Phi) is 6.01. The van der Waals surface area contributed by atoms with E-state index < -0.39 is 5.60 Å². The molecule has 2 atom stereocenters. The van der Waals surface area contributed by atoms with Crippen LogP contribution in [0.5, 0.6) is 0 Å². The minimum atomic E-state index is -1.12. The number of hydrogen-bond donors (Lipinski definition) is 1. The Balaban J connectivity index is 4.09. The third-order valence-corrected chi connectivity index (χ3v) is 2.99. The SMILES string of the molecule is CCCCC(CC)CC(C)(O)C(C)=O. The number of rotatable bonds is 7. The number of Topliss-reactive ketones (excluding diaryl/α,β-unsaturated/α-hetero) is 1. The molecule has 2 unspecified atom stereocenters. The smallest absolute Gasteiger partial charge is 0.160 e. The predicted molar refractivity (Wildman–Crippen MR) is 59.2 cm³/mol. The Hall–Kier alpha value is -0.370. The van der Waals surface area contributed by atoms with E-state index in [-0.39, 0.29) is 5.78 Å². The van der Waals surface area contributed by atoms with Crippen LogP contribution in [-0.4, -0.2) is 16.5 Å². The van der Waals surface area contributed by atoms with Gasteiger partial charge in [-0.1, -0.05) is 39.5 Å². The maximum absolute atomic E-state index is 11.1. The molecule has 0 saturated carbocycles. The monoisotopic (exact) mass is 200 g/mol. The van der Waals surface area contributed by atoms with E-state index in [1.54, 1.807) is 6.92 Å². The molecule has 0 aliphatic heterocycles. The summed E-state index contributed by atoms with van der Waals surface area (Å²) < 4.78 is 0. The quantitative estimate of drug-likeness (QED) is 0.686. The molecule has 0 spiro atoms. The highest BCUT2D eigenvalue weighted by Gasteiger charge is 2.28. The van der Waals surface area contributed by atoms with Crippen molar-refractivity contribution in [2.45, 2.75) is 65.4 Å². The van der Waals surface area contributed by atoms with Crippen LogP contribution in [-0.2, 0) is 4.79 Å². The molecule has 0 heterocycles. The fourth-order valence-corrected chi connectivity index (χ4v) is 1.65. The first-order valence-corrected chi connectivity index (χ1v) is 5.67. The maximum atomic E-state index is 11.1. The molecule has 0 aromatic carbocycles.